The first-order valence-electron chi connectivity index (χ1n) is 7.29. The van der Waals surface area contributed by atoms with Crippen molar-refractivity contribution in [1.29, 1.82) is 0 Å². The Labute approximate surface area is 153 Å². The van der Waals surface area contributed by atoms with E-state index in [9.17, 15) is 9.59 Å². The molecule has 6 nitrogen and oxygen atoms in total. The molecule has 25 heavy (non-hydrogen) atoms. The van der Waals surface area contributed by atoms with Crippen molar-refractivity contribution < 1.29 is 9.59 Å². The third-order valence-corrected chi connectivity index (χ3v) is 4.06. The molecular weight excluding hydrogens is 360 g/mol. The Morgan fingerprint density at radius 3 is 2.32 bits per heavy atom. The lowest BCUT2D eigenvalue weighted by Gasteiger charge is -2.10. The second-order valence-corrected chi connectivity index (χ2v) is 5.83. The van der Waals surface area contributed by atoms with E-state index in [1.165, 1.54) is 6.20 Å². The SMILES string of the molecule is O=C(NNC(=O)c1c[nH]c(=S)n1-c1ccccc1)c1ccccc1Cl. The molecule has 0 aliphatic carbocycles. The van der Waals surface area contributed by atoms with Crippen LogP contribution in [0.15, 0.2) is 60.8 Å². The van der Waals surface area contributed by atoms with Crippen LogP contribution in [-0.4, -0.2) is 21.4 Å². The van der Waals surface area contributed by atoms with Crippen molar-refractivity contribution in [3.8, 4) is 5.69 Å². The summed E-state index contributed by atoms with van der Waals surface area (Å²) in [5.74, 6) is -1.03. The smallest absolute Gasteiger partial charge is 0.288 e. The van der Waals surface area contributed by atoms with E-state index in [1.807, 2.05) is 30.3 Å². The van der Waals surface area contributed by atoms with Gasteiger partial charge in [0.05, 0.1) is 10.6 Å². The highest BCUT2D eigenvalue weighted by atomic mass is 35.5. The predicted octanol–water partition coefficient (Wildman–Crippen LogP) is 3.26. The van der Waals surface area contributed by atoms with E-state index in [0.29, 0.717) is 9.79 Å². The molecule has 126 valence electrons. The van der Waals surface area contributed by atoms with Crippen LogP contribution in [0.4, 0.5) is 0 Å². The molecule has 0 unspecified atom stereocenters. The molecule has 2 aromatic carbocycles. The number of imidazole rings is 1. The van der Waals surface area contributed by atoms with Crippen molar-refractivity contribution >= 4 is 35.6 Å². The minimum atomic E-state index is -0.517. The van der Waals surface area contributed by atoms with E-state index in [1.54, 1.807) is 28.8 Å². The first-order valence-corrected chi connectivity index (χ1v) is 8.07. The number of para-hydroxylation sites is 1. The molecule has 2 amide bonds. The van der Waals surface area contributed by atoms with E-state index >= 15 is 0 Å². The van der Waals surface area contributed by atoms with Crippen LogP contribution >= 0.6 is 23.8 Å². The van der Waals surface area contributed by atoms with Gasteiger partial charge in [-0.15, -0.1) is 0 Å². The number of rotatable bonds is 3. The highest BCUT2D eigenvalue weighted by molar-refractivity contribution is 7.71. The molecule has 0 atom stereocenters. The van der Waals surface area contributed by atoms with Crippen LogP contribution in [0.2, 0.25) is 5.02 Å². The molecule has 0 saturated heterocycles. The number of hydrogen-bond acceptors (Lipinski definition) is 3. The van der Waals surface area contributed by atoms with Crippen molar-refractivity contribution in [2.75, 3.05) is 0 Å². The molecule has 1 heterocycles. The van der Waals surface area contributed by atoms with Crippen molar-refractivity contribution in [2.45, 2.75) is 0 Å². The van der Waals surface area contributed by atoms with Crippen LogP contribution in [0, 0.1) is 4.77 Å². The number of benzene rings is 2. The Kier molecular flexibility index (Phi) is 4.97. The fraction of sp³-hybridized carbons (Fsp3) is 0. The van der Waals surface area contributed by atoms with Gasteiger partial charge in [-0.2, -0.15) is 0 Å². The third-order valence-electron chi connectivity index (χ3n) is 3.43. The van der Waals surface area contributed by atoms with Gasteiger partial charge in [-0.1, -0.05) is 41.9 Å². The Morgan fingerprint density at radius 1 is 0.960 bits per heavy atom. The van der Waals surface area contributed by atoms with Crippen LogP contribution in [0.3, 0.4) is 0 Å². The summed E-state index contributed by atoms with van der Waals surface area (Å²) in [7, 11) is 0. The maximum atomic E-state index is 12.4. The Balaban J connectivity index is 1.78. The maximum absolute atomic E-state index is 12.4. The van der Waals surface area contributed by atoms with Gasteiger partial charge in [-0.3, -0.25) is 25.0 Å². The number of aromatic amines is 1. The lowest BCUT2D eigenvalue weighted by Crippen LogP contribution is -2.42. The van der Waals surface area contributed by atoms with Gasteiger partial charge in [0.25, 0.3) is 11.8 Å². The zero-order valence-electron chi connectivity index (χ0n) is 12.8. The van der Waals surface area contributed by atoms with Crippen molar-refractivity contribution in [1.82, 2.24) is 20.4 Å². The van der Waals surface area contributed by atoms with Gasteiger partial charge < -0.3 is 4.98 Å². The number of aromatic nitrogens is 2. The average Bonchev–Trinajstić information content (AvgIpc) is 3.02. The standard InChI is InChI=1S/C17H13ClN4O2S/c18-13-9-5-4-8-12(13)15(23)20-21-16(24)14-10-19-17(25)22(14)11-6-2-1-3-7-11/h1-10H,(H,19,25)(H,20,23)(H,21,24). The quantitative estimate of drug-likeness (QED) is 0.487. The topological polar surface area (TPSA) is 78.9 Å². The maximum Gasteiger partial charge on any atom is 0.288 e. The summed E-state index contributed by atoms with van der Waals surface area (Å²) in [6.07, 6.45) is 1.48. The molecule has 0 aliphatic heterocycles. The minimum Gasteiger partial charge on any atom is -0.336 e. The summed E-state index contributed by atoms with van der Waals surface area (Å²) in [6, 6.07) is 15.7. The fourth-order valence-electron chi connectivity index (χ4n) is 2.26. The third kappa shape index (κ3) is 3.62. The Morgan fingerprint density at radius 2 is 1.60 bits per heavy atom. The van der Waals surface area contributed by atoms with Crippen LogP contribution in [-0.2, 0) is 0 Å². The number of carbonyl (C=O) groups excluding carboxylic acids is 2. The van der Waals surface area contributed by atoms with E-state index in [4.69, 9.17) is 23.8 Å². The number of hydrogen-bond donors (Lipinski definition) is 3. The first kappa shape index (κ1) is 16.9. The van der Waals surface area contributed by atoms with Crippen LogP contribution in [0.25, 0.3) is 5.69 Å². The molecular formula is C17H13ClN4O2S. The summed E-state index contributed by atoms with van der Waals surface area (Å²) < 4.78 is 1.94. The van der Waals surface area contributed by atoms with Crippen LogP contribution in [0.1, 0.15) is 20.8 Å². The summed E-state index contributed by atoms with van der Waals surface area (Å²) in [6.45, 7) is 0. The van der Waals surface area contributed by atoms with Gasteiger partial charge in [-0.05, 0) is 36.5 Å². The molecule has 0 spiro atoms. The fourth-order valence-corrected chi connectivity index (χ4v) is 2.74. The molecule has 0 fully saturated rings. The van der Waals surface area contributed by atoms with E-state index in [-0.39, 0.29) is 11.3 Å². The molecule has 0 aliphatic rings. The second kappa shape index (κ2) is 7.33. The monoisotopic (exact) mass is 372 g/mol. The van der Waals surface area contributed by atoms with Crippen molar-refractivity contribution in [3.63, 3.8) is 0 Å². The van der Waals surface area contributed by atoms with Gasteiger partial charge in [0.2, 0.25) is 0 Å². The second-order valence-electron chi connectivity index (χ2n) is 5.04. The largest absolute Gasteiger partial charge is 0.336 e. The van der Waals surface area contributed by atoms with Crippen LogP contribution < -0.4 is 10.9 Å². The lowest BCUT2D eigenvalue weighted by molar-refractivity contribution is 0.0843. The molecule has 3 aromatic rings. The lowest BCUT2D eigenvalue weighted by atomic mass is 10.2. The molecule has 3 rings (SSSR count). The van der Waals surface area contributed by atoms with Crippen molar-refractivity contribution in [3.05, 3.63) is 81.8 Å². The zero-order valence-corrected chi connectivity index (χ0v) is 14.4. The summed E-state index contributed by atoms with van der Waals surface area (Å²) in [5, 5.41) is 0.295. The molecule has 8 heteroatoms. The number of halogens is 1. The van der Waals surface area contributed by atoms with E-state index < -0.39 is 11.8 Å². The highest BCUT2D eigenvalue weighted by Crippen LogP contribution is 2.14. The number of amides is 2. The molecule has 1 aromatic heterocycles. The van der Waals surface area contributed by atoms with Gasteiger partial charge in [0, 0.05) is 11.9 Å². The van der Waals surface area contributed by atoms with Gasteiger partial charge in [-0.25, -0.2) is 0 Å². The average molecular weight is 373 g/mol. The van der Waals surface area contributed by atoms with Crippen LogP contribution in [0.5, 0.6) is 0 Å². The van der Waals surface area contributed by atoms with Gasteiger partial charge in [0.1, 0.15) is 5.69 Å². The minimum absolute atomic E-state index is 0.260. The van der Waals surface area contributed by atoms with E-state index in [0.717, 1.165) is 5.69 Å². The predicted molar refractivity (Wildman–Crippen MR) is 97.3 cm³/mol. The number of H-pyrrole nitrogens is 1. The number of carbonyl (C=O) groups is 2. The Hall–Kier alpha value is -2.90. The first-order chi connectivity index (χ1) is 12.1. The van der Waals surface area contributed by atoms with Crippen molar-refractivity contribution in [2.24, 2.45) is 0 Å². The molecule has 0 bridgehead atoms. The Bertz CT molecular complexity index is 982. The number of nitrogens with zero attached hydrogens (tertiary/aromatic N) is 1. The molecule has 0 radical (unpaired) electrons. The molecule has 0 saturated carbocycles. The number of hydrazine groups is 1. The van der Waals surface area contributed by atoms with Gasteiger partial charge in [0.15, 0.2) is 4.77 Å². The summed E-state index contributed by atoms with van der Waals surface area (Å²) >= 11 is 11.2. The number of nitrogens with one attached hydrogen (secondary N) is 3. The molecule has 3 N–H and O–H groups in total. The normalized spacial score (nSPS) is 10.3. The van der Waals surface area contributed by atoms with E-state index in [2.05, 4.69) is 15.8 Å². The van der Waals surface area contributed by atoms with Gasteiger partial charge >= 0.3 is 0 Å². The zero-order chi connectivity index (χ0) is 17.8. The summed E-state index contributed by atoms with van der Waals surface area (Å²) in [5.41, 5.74) is 5.96. The summed E-state index contributed by atoms with van der Waals surface area (Å²) in [4.78, 5) is 27.4. The highest BCUT2D eigenvalue weighted by Gasteiger charge is 2.16.